The summed E-state index contributed by atoms with van der Waals surface area (Å²) in [7, 11) is 0. The first-order chi connectivity index (χ1) is 4.83. The van der Waals surface area contributed by atoms with Crippen LogP contribution >= 0.6 is 0 Å². The highest BCUT2D eigenvalue weighted by atomic mass is 16.1. The second kappa shape index (κ2) is 3.01. The zero-order chi connectivity index (χ0) is 7.40. The van der Waals surface area contributed by atoms with Crippen LogP contribution in [0.2, 0.25) is 0 Å². The Morgan fingerprint density at radius 3 is 2.90 bits per heavy atom. The van der Waals surface area contributed by atoms with Gasteiger partial charge in [0.2, 0.25) is 5.56 Å². The number of rotatable bonds is 1. The number of aromatic amines is 1. The maximum atomic E-state index is 10.7. The van der Waals surface area contributed by atoms with Crippen molar-refractivity contribution >= 4 is 6.08 Å². The van der Waals surface area contributed by atoms with Crippen molar-refractivity contribution < 1.29 is 0 Å². The normalized spacial score (nSPS) is 10.5. The zero-order valence-corrected chi connectivity index (χ0v) is 5.79. The molecule has 1 heterocycles. The van der Waals surface area contributed by atoms with E-state index >= 15 is 0 Å². The summed E-state index contributed by atoms with van der Waals surface area (Å²) in [6.45, 7) is 1.91. The minimum absolute atomic E-state index is 0.0596. The van der Waals surface area contributed by atoms with Crippen LogP contribution in [0.1, 0.15) is 12.6 Å². The van der Waals surface area contributed by atoms with Crippen molar-refractivity contribution in [3.05, 3.63) is 40.3 Å². The number of H-pyrrole nitrogens is 1. The summed E-state index contributed by atoms with van der Waals surface area (Å²) < 4.78 is 0. The van der Waals surface area contributed by atoms with Crippen molar-refractivity contribution in [1.82, 2.24) is 4.98 Å². The summed E-state index contributed by atoms with van der Waals surface area (Å²) in [6.07, 6.45) is 3.73. The third-order valence-corrected chi connectivity index (χ3v) is 1.14. The van der Waals surface area contributed by atoms with E-state index in [4.69, 9.17) is 0 Å². The number of aromatic nitrogens is 1. The van der Waals surface area contributed by atoms with Gasteiger partial charge in [-0.1, -0.05) is 12.1 Å². The molecule has 1 aromatic rings. The first-order valence-corrected chi connectivity index (χ1v) is 3.15. The highest BCUT2D eigenvalue weighted by Gasteiger charge is 1.83. The lowest BCUT2D eigenvalue weighted by molar-refractivity contribution is 1.21. The van der Waals surface area contributed by atoms with Gasteiger partial charge >= 0.3 is 0 Å². The quantitative estimate of drug-likeness (QED) is 0.620. The van der Waals surface area contributed by atoms with E-state index in [2.05, 4.69) is 4.98 Å². The monoisotopic (exact) mass is 135 g/mol. The first-order valence-electron chi connectivity index (χ1n) is 3.15. The fraction of sp³-hybridized carbons (Fsp3) is 0.125. The molecule has 2 heteroatoms. The van der Waals surface area contributed by atoms with Gasteiger partial charge in [-0.25, -0.2) is 0 Å². The van der Waals surface area contributed by atoms with Crippen molar-refractivity contribution in [3.8, 4) is 0 Å². The van der Waals surface area contributed by atoms with Gasteiger partial charge in [0, 0.05) is 11.8 Å². The van der Waals surface area contributed by atoms with E-state index in [1.165, 1.54) is 6.07 Å². The molecule has 0 spiro atoms. The third kappa shape index (κ3) is 1.58. The van der Waals surface area contributed by atoms with Crippen LogP contribution in [0.3, 0.4) is 0 Å². The van der Waals surface area contributed by atoms with Gasteiger partial charge in [0.05, 0.1) is 0 Å². The van der Waals surface area contributed by atoms with E-state index in [1.807, 2.05) is 25.1 Å². The van der Waals surface area contributed by atoms with Crippen LogP contribution in [0.4, 0.5) is 0 Å². The van der Waals surface area contributed by atoms with Crippen molar-refractivity contribution in [3.63, 3.8) is 0 Å². The van der Waals surface area contributed by atoms with Crippen LogP contribution < -0.4 is 5.56 Å². The van der Waals surface area contributed by atoms with Gasteiger partial charge in [0.1, 0.15) is 0 Å². The van der Waals surface area contributed by atoms with Crippen molar-refractivity contribution in [2.75, 3.05) is 0 Å². The predicted octanol–water partition coefficient (Wildman–Crippen LogP) is 1.41. The maximum Gasteiger partial charge on any atom is 0.248 e. The average Bonchev–Trinajstić information content (AvgIpc) is 1.88. The van der Waals surface area contributed by atoms with E-state index in [-0.39, 0.29) is 5.56 Å². The van der Waals surface area contributed by atoms with Gasteiger partial charge in [-0.3, -0.25) is 4.79 Å². The van der Waals surface area contributed by atoms with E-state index in [0.717, 1.165) is 5.69 Å². The number of nitrogens with one attached hydrogen (secondary N) is 1. The second-order valence-electron chi connectivity index (χ2n) is 1.97. The topological polar surface area (TPSA) is 32.9 Å². The Hall–Kier alpha value is -1.31. The molecule has 0 aromatic carbocycles. The standard InChI is InChI=1S/C8H9NO/c1-2-4-7-5-3-6-8(10)9-7/h2-6H,1H3,(H,9,10). The van der Waals surface area contributed by atoms with Crippen LogP contribution in [0.5, 0.6) is 0 Å². The Morgan fingerprint density at radius 2 is 2.30 bits per heavy atom. The fourth-order valence-corrected chi connectivity index (χ4v) is 0.742. The Bertz CT molecular complexity index is 285. The second-order valence-corrected chi connectivity index (χ2v) is 1.97. The Labute approximate surface area is 59.2 Å². The molecule has 0 unspecified atom stereocenters. The largest absolute Gasteiger partial charge is 0.323 e. The molecule has 1 aromatic heterocycles. The summed E-state index contributed by atoms with van der Waals surface area (Å²) >= 11 is 0. The lowest BCUT2D eigenvalue weighted by atomic mass is 10.3. The molecule has 0 atom stereocenters. The molecule has 0 radical (unpaired) electrons. The molecule has 0 fully saturated rings. The number of allylic oxidation sites excluding steroid dienone is 1. The maximum absolute atomic E-state index is 10.7. The van der Waals surface area contributed by atoms with Crippen LogP contribution in [-0.4, -0.2) is 4.98 Å². The summed E-state index contributed by atoms with van der Waals surface area (Å²) in [6, 6.07) is 5.07. The first kappa shape index (κ1) is 6.81. The molecule has 0 bridgehead atoms. The summed E-state index contributed by atoms with van der Waals surface area (Å²) in [5, 5.41) is 0. The third-order valence-electron chi connectivity index (χ3n) is 1.14. The molecule has 2 nitrogen and oxygen atoms in total. The molecule has 0 aliphatic carbocycles. The van der Waals surface area contributed by atoms with Gasteiger partial charge < -0.3 is 4.98 Å². The van der Waals surface area contributed by atoms with Gasteiger partial charge in [-0.2, -0.15) is 0 Å². The van der Waals surface area contributed by atoms with Gasteiger partial charge in [-0.05, 0) is 19.1 Å². The minimum atomic E-state index is -0.0596. The number of hydrogen-bond acceptors (Lipinski definition) is 1. The molecule has 0 aliphatic rings. The summed E-state index contributed by atoms with van der Waals surface area (Å²) in [5.74, 6) is 0. The number of hydrogen-bond donors (Lipinski definition) is 1. The smallest absolute Gasteiger partial charge is 0.248 e. The van der Waals surface area contributed by atoms with Crippen LogP contribution in [-0.2, 0) is 0 Å². The molecule has 10 heavy (non-hydrogen) atoms. The predicted molar refractivity (Wildman–Crippen MR) is 41.8 cm³/mol. The van der Waals surface area contributed by atoms with Crippen molar-refractivity contribution in [1.29, 1.82) is 0 Å². The Kier molecular flexibility index (Phi) is 2.05. The lowest BCUT2D eigenvalue weighted by Crippen LogP contribution is -2.02. The van der Waals surface area contributed by atoms with Crippen LogP contribution in [0.25, 0.3) is 6.08 Å². The van der Waals surface area contributed by atoms with Crippen LogP contribution in [0, 0.1) is 0 Å². The van der Waals surface area contributed by atoms with Crippen LogP contribution in [0.15, 0.2) is 29.1 Å². The molecule has 1 N–H and O–H groups in total. The van der Waals surface area contributed by atoms with Crippen molar-refractivity contribution in [2.24, 2.45) is 0 Å². The highest BCUT2D eigenvalue weighted by molar-refractivity contribution is 5.42. The molecule has 1 rings (SSSR count). The Balaban J connectivity index is 3.07. The zero-order valence-electron chi connectivity index (χ0n) is 5.79. The van der Waals surface area contributed by atoms with E-state index < -0.39 is 0 Å². The SMILES string of the molecule is CC=Cc1cccc(=O)[nH]1. The fourth-order valence-electron chi connectivity index (χ4n) is 0.742. The van der Waals surface area contributed by atoms with Gasteiger partial charge in [0.25, 0.3) is 0 Å². The molecule has 0 aliphatic heterocycles. The van der Waals surface area contributed by atoms with E-state index in [1.54, 1.807) is 6.07 Å². The number of pyridine rings is 1. The molecular formula is C8H9NO. The molecular weight excluding hydrogens is 126 g/mol. The average molecular weight is 135 g/mol. The van der Waals surface area contributed by atoms with E-state index in [9.17, 15) is 4.79 Å². The molecule has 52 valence electrons. The highest BCUT2D eigenvalue weighted by Crippen LogP contribution is 1.91. The summed E-state index contributed by atoms with van der Waals surface area (Å²) in [4.78, 5) is 13.3. The molecule has 0 saturated heterocycles. The summed E-state index contributed by atoms with van der Waals surface area (Å²) in [5.41, 5.74) is 0.783. The van der Waals surface area contributed by atoms with Gasteiger partial charge in [-0.15, -0.1) is 0 Å². The molecule has 0 amide bonds. The molecule has 0 saturated carbocycles. The van der Waals surface area contributed by atoms with Crippen molar-refractivity contribution in [2.45, 2.75) is 6.92 Å². The van der Waals surface area contributed by atoms with E-state index in [0.29, 0.717) is 0 Å². The minimum Gasteiger partial charge on any atom is -0.323 e. The Morgan fingerprint density at radius 1 is 1.50 bits per heavy atom. The van der Waals surface area contributed by atoms with Gasteiger partial charge in [0.15, 0.2) is 0 Å². The lowest BCUT2D eigenvalue weighted by Gasteiger charge is -1.88.